The van der Waals surface area contributed by atoms with Gasteiger partial charge in [0.2, 0.25) is 11.8 Å². The van der Waals surface area contributed by atoms with Gasteiger partial charge in [0.25, 0.3) is 0 Å². The van der Waals surface area contributed by atoms with Crippen molar-refractivity contribution >= 4 is 11.8 Å². The average Bonchev–Trinajstić information content (AvgIpc) is 3.46. The smallest absolute Gasteiger partial charge is 0.224 e. The molecule has 136 valence electrons. The molecule has 0 bridgehead atoms. The van der Waals surface area contributed by atoms with Crippen LogP contribution in [0.15, 0.2) is 54.6 Å². The highest BCUT2D eigenvalue weighted by atomic mass is 16.2. The Hall–Kier alpha value is -2.62. The molecule has 4 nitrogen and oxygen atoms in total. The summed E-state index contributed by atoms with van der Waals surface area (Å²) in [4.78, 5) is 24.2. The zero-order chi connectivity index (χ0) is 18.4. The van der Waals surface area contributed by atoms with Crippen LogP contribution in [0.1, 0.15) is 42.0 Å². The summed E-state index contributed by atoms with van der Waals surface area (Å²) in [6.07, 6.45) is 2.96. The molecule has 1 fully saturated rings. The summed E-state index contributed by atoms with van der Waals surface area (Å²) in [5, 5.41) is 5.98. The van der Waals surface area contributed by atoms with Gasteiger partial charge in [0.05, 0.1) is 12.5 Å². The van der Waals surface area contributed by atoms with E-state index in [0.717, 1.165) is 18.4 Å². The summed E-state index contributed by atoms with van der Waals surface area (Å²) in [5.41, 5.74) is 3.36. The van der Waals surface area contributed by atoms with Crippen LogP contribution in [0.3, 0.4) is 0 Å². The lowest BCUT2D eigenvalue weighted by atomic mass is 10.0. The van der Waals surface area contributed by atoms with Crippen molar-refractivity contribution in [3.8, 4) is 0 Å². The van der Waals surface area contributed by atoms with Crippen molar-refractivity contribution < 1.29 is 9.59 Å². The molecule has 2 aromatic rings. The largest absolute Gasteiger partial charge is 0.355 e. The van der Waals surface area contributed by atoms with Gasteiger partial charge in [-0.3, -0.25) is 9.59 Å². The molecular formula is C22H26N2O2. The molecule has 26 heavy (non-hydrogen) atoms. The van der Waals surface area contributed by atoms with Crippen LogP contribution in [-0.2, 0) is 16.0 Å². The van der Waals surface area contributed by atoms with Crippen molar-refractivity contribution in [1.29, 1.82) is 0 Å². The molecule has 0 heterocycles. The van der Waals surface area contributed by atoms with Crippen molar-refractivity contribution in [2.45, 2.75) is 38.6 Å². The number of benzene rings is 2. The van der Waals surface area contributed by atoms with Gasteiger partial charge in [-0.2, -0.15) is 0 Å². The van der Waals surface area contributed by atoms with Crippen LogP contribution in [0.5, 0.6) is 0 Å². The number of carbonyl (C=O) groups is 2. The van der Waals surface area contributed by atoms with Crippen LogP contribution in [0.25, 0.3) is 0 Å². The number of nitrogens with one attached hydrogen (secondary N) is 2. The number of aryl methyl sites for hydroxylation is 1. The normalized spacial score (nSPS) is 14.5. The van der Waals surface area contributed by atoms with Gasteiger partial charge < -0.3 is 10.6 Å². The minimum absolute atomic E-state index is 0.0116. The fraction of sp³-hybridized carbons (Fsp3) is 0.364. The second kappa shape index (κ2) is 8.65. The van der Waals surface area contributed by atoms with Crippen LogP contribution in [0.4, 0.5) is 0 Å². The number of hydrogen-bond acceptors (Lipinski definition) is 2. The van der Waals surface area contributed by atoms with E-state index in [-0.39, 0.29) is 17.9 Å². The summed E-state index contributed by atoms with van der Waals surface area (Å²) in [6.45, 7) is 2.43. The maximum absolute atomic E-state index is 12.3. The van der Waals surface area contributed by atoms with E-state index < -0.39 is 0 Å². The first-order valence-corrected chi connectivity index (χ1v) is 9.28. The third-order valence-electron chi connectivity index (χ3n) is 4.73. The van der Waals surface area contributed by atoms with Crippen LogP contribution >= 0.6 is 0 Å². The van der Waals surface area contributed by atoms with E-state index in [1.54, 1.807) is 0 Å². The monoisotopic (exact) mass is 350 g/mol. The third kappa shape index (κ3) is 5.45. The fourth-order valence-corrected chi connectivity index (χ4v) is 3.08. The molecule has 0 radical (unpaired) electrons. The minimum atomic E-state index is -0.0544. The summed E-state index contributed by atoms with van der Waals surface area (Å²) in [7, 11) is 0. The van der Waals surface area contributed by atoms with Gasteiger partial charge >= 0.3 is 0 Å². The van der Waals surface area contributed by atoms with Crippen molar-refractivity contribution in [2.24, 2.45) is 5.92 Å². The molecule has 0 aliphatic heterocycles. The summed E-state index contributed by atoms with van der Waals surface area (Å²) >= 11 is 0. The van der Waals surface area contributed by atoms with Crippen molar-refractivity contribution in [2.75, 3.05) is 6.54 Å². The molecule has 1 unspecified atom stereocenters. The highest BCUT2D eigenvalue weighted by Gasteiger charge is 2.33. The Kier molecular flexibility index (Phi) is 6.05. The topological polar surface area (TPSA) is 58.2 Å². The van der Waals surface area contributed by atoms with E-state index in [2.05, 4.69) is 41.8 Å². The summed E-state index contributed by atoms with van der Waals surface area (Å²) in [6, 6.07) is 18.1. The molecular weight excluding hydrogens is 324 g/mol. The van der Waals surface area contributed by atoms with E-state index in [1.807, 2.05) is 30.3 Å². The van der Waals surface area contributed by atoms with Gasteiger partial charge in [0.1, 0.15) is 0 Å². The predicted molar refractivity (Wildman–Crippen MR) is 103 cm³/mol. The number of carbonyl (C=O) groups excluding carboxylic acids is 2. The molecule has 0 saturated heterocycles. The van der Waals surface area contributed by atoms with Gasteiger partial charge in [-0.1, -0.05) is 60.2 Å². The SMILES string of the molecule is Cc1ccc(C(NC(=O)CCNC(=O)Cc2ccccc2)C2CC2)cc1. The first-order chi connectivity index (χ1) is 12.6. The van der Waals surface area contributed by atoms with Gasteiger partial charge in [0, 0.05) is 13.0 Å². The number of rotatable bonds is 8. The lowest BCUT2D eigenvalue weighted by Crippen LogP contribution is -2.34. The Morgan fingerprint density at radius 3 is 2.35 bits per heavy atom. The molecule has 3 rings (SSSR count). The molecule has 1 aliphatic carbocycles. The fourth-order valence-electron chi connectivity index (χ4n) is 3.08. The highest BCUT2D eigenvalue weighted by molar-refractivity contribution is 5.80. The van der Waals surface area contributed by atoms with Crippen LogP contribution < -0.4 is 10.6 Å². The van der Waals surface area contributed by atoms with Gasteiger partial charge in [-0.15, -0.1) is 0 Å². The van der Waals surface area contributed by atoms with Crippen molar-refractivity contribution in [3.63, 3.8) is 0 Å². The van der Waals surface area contributed by atoms with E-state index in [9.17, 15) is 9.59 Å². The van der Waals surface area contributed by atoms with E-state index >= 15 is 0 Å². The lowest BCUT2D eigenvalue weighted by Gasteiger charge is -2.19. The average molecular weight is 350 g/mol. The molecule has 1 aliphatic rings. The lowest BCUT2D eigenvalue weighted by molar-refractivity contribution is -0.122. The standard InChI is InChI=1S/C22H26N2O2/c1-16-7-9-18(10-8-16)22(19-11-12-19)24-20(25)13-14-23-21(26)15-17-5-3-2-4-6-17/h2-10,19,22H,11-15H2,1H3,(H,23,26)(H,24,25). The van der Waals surface area contributed by atoms with Crippen molar-refractivity contribution in [3.05, 3.63) is 71.3 Å². The Morgan fingerprint density at radius 2 is 1.69 bits per heavy atom. The van der Waals surface area contributed by atoms with Crippen molar-refractivity contribution in [1.82, 2.24) is 10.6 Å². The molecule has 4 heteroatoms. The van der Waals surface area contributed by atoms with Gasteiger partial charge in [-0.25, -0.2) is 0 Å². The first kappa shape index (κ1) is 18.2. The maximum Gasteiger partial charge on any atom is 0.224 e. The minimum Gasteiger partial charge on any atom is -0.355 e. The molecule has 1 atom stereocenters. The van der Waals surface area contributed by atoms with Crippen LogP contribution in [0.2, 0.25) is 0 Å². The Bertz CT molecular complexity index is 736. The highest BCUT2D eigenvalue weighted by Crippen LogP contribution is 2.41. The predicted octanol–water partition coefficient (Wildman–Crippen LogP) is 3.31. The molecule has 2 aromatic carbocycles. The zero-order valence-corrected chi connectivity index (χ0v) is 15.2. The number of amides is 2. The third-order valence-corrected chi connectivity index (χ3v) is 4.73. The molecule has 1 saturated carbocycles. The van der Waals surface area contributed by atoms with Gasteiger partial charge in [0.15, 0.2) is 0 Å². The van der Waals surface area contributed by atoms with Crippen LogP contribution in [-0.4, -0.2) is 18.4 Å². The molecule has 2 N–H and O–H groups in total. The number of hydrogen-bond donors (Lipinski definition) is 2. The van der Waals surface area contributed by atoms with E-state index in [1.165, 1.54) is 11.1 Å². The Morgan fingerprint density at radius 1 is 1.00 bits per heavy atom. The van der Waals surface area contributed by atoms with Gasteiger partial charge in [-0.05, 0) is 36.8 Å². The molecule has 2 amide bonds. The van der Waals surface area contributed by atoms with E-state index in [0.29, 0.717) is 25.3 Å². The van der Waals surface area contributed by atoms with E-state index in [4.69, 9.17) is 0 Å². The second-order valence-corrected chi connectivity index (χ2v) is 7.06. The summed E-state index contributed by atoms with van der Waals surface area (Å²) < 4.78 is 0. The maximum atomic E-state index is 12.3. The quantitative estimate of drug-likeness (QED) is 0.767. The Balaban J connectivity index is 1.44. The molecule has 0 spiro atoms. The zero-order valence-electron chi connectivity index (χ0n) is 15.2. The molecule has 0 aromatic heterocycles. The first-order valence-electron chi connectivity index (χ1n) is 9.28. The Labute approximate surface area is 155 Å². The second-order valence-electron chi connectivity index (χ2n) is 7.06. The van der Waals surface area contributed by atoms with Crippen LogP contribution in [0, 0.1) is 12.8 Å². The summed E-state index contributed by atoms with van der Waals surface area (Å²) in [5.74, 6) is 0.470.